The van der Waals surface area contributed by atoms with Crippen LogP contribution in [0.15, 0.2) is 23.4 Å². The Labute approximate surface area is 120 Å². The summed E-state index contributed by atoms with van der Waals surface area (Å²) in [4.78, 5) is 4.54. The molecule has 1 aromatic rings. The third kappa shape index (κ3) is 4.79. The minimum Gasteiger partial charge on any atom is -0.377 e. The number of nitrogens with one attached hydrogen (secondary N) is 1. The van der Waals surface area contributed by atoms with Crippen LogP contribution in [0.1, 0.15) is 32.8 Å². The standard InChI is InChI=1S/C15H24N2OS/c1-11(2)8-16-9-13-4-5-15(17-10-13)19-14-6-7-18-12(14)3/h4-5,10-12,14,16H,6-9H2,1-3H3. The molecule has 0 bridgehead atoms. The molecule has 1 aliphatic rings. The molecular weight excluding hydrogens is 256 g/mol. The van der Waals surface area contributed by atoms with Crippen LogP contribution >= 0.6 is 11.8 Å². The summed E-state index contributed by atoms with van der Waals surface area (Å²) in [5.41, 5.74) is 1.25. The van der Waals surface area contributed by atoms with Crippen LogP contribution in [0.3, 0.4) is 0 Å². The first kappa shape index (κ1) is 14.8. The van der Waals surface area contributed by atoms with Crippen molar-refractivity contribution >= 4 is 11.8 Å². The average molecular weight is 280 g/mol. The fraction of sp³-hybridized carbons (Fsp3) is 0.667. The van der Waals surface area contributed by atoms with Gasteiger partial charge in [0.2, 0.25) is 0 Å². The van der Waals surface area contributed by atoms with E-state index in [-0.39, 0.29) is 0 Å². The molecule has 1 N–H and O–H groups in total. The summed E-state index contributed by atoms with van der Waals surface area (Å²) >= 11 is 1.84. The van der Waals surface area contributed by atoms with Gasteiger partial charge in [0.15, 0.2) is 0 Å². The van der Waals surface area contributed by atoms with E-state index >= 15 is 0 Å². The number of ether oxygens (including phenoxy) is 1. The maximum atomic E-state index is 5.58. The van der Waals surface area contributed by atoms with E-state index in [1.807, 2.05) is 18.0 Å². The topological polar surface area (TPSA) is 34.1 Å². The third-order valence-corrected chi connectivity index (χ3v) is 4.66. The summed E-state index contributed by atoms with van der Waals surface area (Å²) in [7, 11) is 0. The molecule has 1 saturated heterocycles. The van der Waals surface area contributed by atoms with Gasteiger partial charge in [-0.3, -0.25) is 0 Å². The van der Waals surface area contributed by atoms with Crippen molar-refractivity contribution in [2.24, 2.45) is 5.92 Å². The summed E-state index contributed by atoms with van der Waals surface area (Å²) in [6.45, 7) is 9.42. The van der Waals surface area contributed by atoms with Crippen LogP contribution in [-0.2, 0) is 11.3 Å². The highest BCUT2D eigenvalue weighted by atomic mass is 32.2. The van der Waals surface area contributed by atoms with Gasteiger partial charge in [-0.2, -0.15) is 0 Å². The second kappa shape index (κ2) is 7.27. The van der Waals surface area contributed by atoms with E-state index in [9.17, 15) is 0 Å². The molecule has 2 rings (SSSR count). The average Bonchev–Trinajstić information content (AvgIpc) is 2.77. The second-order valence-electron chi connectivity index (χ2n) is 5.55. The van der Waals surface area contributed by atoms with Crippen molar-refractivity contribution in [3.63, 3.8) is 0 Å². The quantitative estimate of drug-likeness (QED) is 0.868. The van der Waals surface area contributed by atoms with Gasteiger partial charge in [-0.15, -0.1) is 11.8 Å². The molecule has 19 heavy (non-hydrogen) atoms. The van der Waals surface area contributed by atoms with Gasteiger partial charge in [0, 0.05) is 24.6 Å². The second-order valence-corrected chi connectivity index (χ2v) is 6.81. The van der Waals surface area contributed by atoms with Gasteiger partial charge in [-0.25, -0.2) is 4.98 Å². The molecule has 3 nitrogen and oxygen atoms in total. The molecule has 106 valence electrons. The molecule has 1 aromatic heterocycles. The zero-order valence-electron chi connectivity index (χ0n) is 12.1. The predicted octanol–water partition coefficient (Wildman–Crippen LogP) is 3.10. The molecule has 2 atom stereocenters. The first-order valence-electron chi connectivity index (χ1n) is 7.09. The van der Waals surface area contributed by atoms with Gasteiger partial charge in [-0.05, 0) is 37.4 Å². The number of thioether (sulfide) groups is 1. The lowest BCUT2D eigenvalue weighted by Gasteiger charge is -2.13. The SMILES string of the molecule is CC(C)CNCc1ccc(SC2CCOC2C)nc1. The van der Waals surface area contributed by atoms with E-state index < -0.39 is 0 Å². The Morgan fingerprint density at radius 2 is 2.32 bits per heavy atom. The number of aromatic nitrogens is 1. The maximum Gasteiger partial charge on any atom is 0.0963 e. The smallest absolute Gasteiger partial charge is 0.0963 e. The number of pyridine rings is 1. The molecule has 0 aliphatic carbocycles. The molecule has 1 aliphatic heterocycles. The number of rotatable bonds is 6. The highest BCUT2D eigenvalue weighted by molar-refractivity contribution is 7.99. The monoisotopic (exact) mass is 280 g/mol. The first-order chi connectivity index (χ1) is 9.15. The van der Waals surface area contributed by atoms with Gasteiger partial charge in [0.05, 0.1) is 11.1 Å². The minimum absolute atomic E-state index is 0.346. The molecule has 0 radical (unpaired) electrons. The van der Waals surface area contributed by atoms with Crippen LogP contribution in [0.4, 0.5) is 0 Å². The van der Waals surface area contributed by atoms with E-state index in [1.165, 1.54) is 5.56 Å². The molecule has 0 spiro atoms. The van der Waals surface area contributed by atoms with Crippen LogP contribution in [0.25, 0.3) is 0 Å². The van der Waals surface area contributed by atoms with Crippen LogP contribution in [0.2, 0.25) is 0 Å². The normalized spacial score (nSPS) is 23.2. The summed E-state index contributed by atoms with van der Waals surface area (Å²) < 4.78 is 5.58. The fourth-order valence-corrected chi connectivity index (χ4v) is 3.17. The van der Waals surface area contributed by atoms with Gasteiger partial charge in [0.25, 0.3) is 0 Å². The zero-order valence-corrected chi connectivity index (χ0v) is 12.9. The van der Waals surface area contributed by atoms with Crippen molar-refractivity contribution in [1.29, 1.82) is 0 Å². The Balaban J connectivity index is 1.81. The van der Waals surface area contributed by atoms with E-state index in [4.69, 9.17) is 4.74 Å². The third-order valence-electron chi connectivity index (χ3n) is 3.26. The zero-order chi connectivity index (χ0) is 13.7. The molecular formula is C15H24N2OS. The van der Waals surface area contributed by atoms with Crippen molar-refractivity contribution in [2.75, 3.05) is 13.2 Å². The van der Waals surface area contributed by atoms with E-state index in [0.29, 0.717) is 17.3 Å². The molecule has 0 aromatic carbocycles. The molecule has 1 fully saturated rings. The van der Waals surface area contributed by atoms with E-state index in [0.717, 1.165) is 31.1 Å². The Hall–Kier alpha value is -0.580. The molecule has 4 heteroatoms. The fourth-order valence-electron chi connectivity index (χ4n) is 2.11. The van der Waals surface area contributed by atoms with Crippen molar-refractivity contribution in [2.45, 2.75) is 50.1 Å². The Morgan fingerprint density at radius 3 is 2.89 bits per heavy atom. The van der Waals surface area contributed by atoms with Crippen LogP contribution in [0.5, 0.6) is 0 Å². The summed E-state index contributed by atoms with van der Waals surface area (Å²) in [5.74, 6) is 0.687. The maximum absolute atomic E-state index is 5.58. The van der Waals surface area contributed by atoms with E-state index in [1.54, 1.807) is 0 Å². The van der Waals surface area contributed by atoms with Crippen LogP contribution < -0.4 is 5.32 Å². The largest absolute Gasteiger partial charge is 0.377 e. The lowest BCUT2D eigenvalue weighted by molar-refractivity contribution is 0.127. The molecule has 0 saturated carbocycles. The van der Waals surface area contributed by atoms with Crippen LogP contribution in [0, 0.1) is 5.92 Å². The Morgan fingerprint density at radius 1 is 1.47 bits per heavy atom. The summed E-state index contributed by atoms with van der Waals surface area (Å²) in [5, 5.41) is 5.09. The van der Waals surface area contributed by atoms with Crippen molar-refractivity contribution in [3.05, 3.63) is 23.9 Å². The van der Waals surface area contributed by atoms with E-state index in [2.05, 4.69) is 43.2 Å². The first-order valence-corrected chi connectivity index (χ1v) is 7.97. The summed E-state index contributed by atoms with van der Waals surface area (Å²) in [6.07, 6.45) is 3.46. The molecule has 0 amide bonds. The Bertz CT molecular complexity index is 380. The number of hydrogen-bond acceptors (Lipinski definition) is 4. The molecule has 2 unspecified atom stereocenters. The van der Waals surface area contributed by atoms with Gasteiger partial charge in [-0.1, -0.05) is 19.9 Å². The van der Waals surface area contributed by atoms with Crippen molar-refractivity contribution in [3.8, 4) is 0 Å². The van der Waals surface area contributed by atoms with Crippen LogP contribution in [-0.4, -0.2) is 29.5 Å². The van der Waals surface area contributed by atoms with Gasteiger partial charge < -0.3 is 10.1 Å². The Kier molecular flexibility index (Phi) is 5.67. The highest BCUT2D eigenvalue weighted by Gasteiger charge is 2.25. The van der Waals surface area contributed by atoms with Gasteiger partial charge in [0.1, 0.15) is 0 Å². The van der Waals surface area contributed by atoms with Crippen molar-refractivity contribution < 1.29 is 4.74 Å². The lowest BCUT2D eigenvalue weighted by Crippen LogP contribution is -2.19. The summed E-state index contributed by atoms with van der Waals surface area (Å²) in [6, 6.07) is 4.30. The minimum atomic E-state index is 0.346. The molecule has 2 heterocycles. The number of hydrogen-bond donors (Lipinski definition) is 1. The van der Waals surface area contributed by atoms with Crippen molar-refractivity contribution in [1.82, 2.24) is 10.3 Å². The highest BCUT2D eigenvalue weighted by Crippen LogP contribution is 2.31. The number of nitrogens with zero attached hydrogens (tertiary/aromatic N) is 1. The lowest BCUT2D eigenvalue weighted by atomic mass is 10.2. The predicted molar refractivity (Wildman–Crippen MR) is 80.5 cm³/mol. The van der Waals surface area contributed by atoms with Gasteiger partial charge >= 0.3 is 0 Å².